The minimum atomic E-state index is 0.0647. The van der Waals surface area contributed by atoms with E-state index in [1.165, 1.54) is 12.8 Å². The first kappa shape index (κ1) is 18.2. The number of rotatable bonds is 9. The number of aryl methyl sites for hydroxylation is 1. The number of nitrogens with zero attached hydrogens (tertiary/aromatic N) is 1. The maximum Gasteiger partial charge on any atom is 0.122 e. The minimum absolute atomic E-state index is 0.0647. The van der Waals surface area contributed by atoms with E-state index in [4.69, 9.17) is 10.2 Å². The number of hydrogen-bond donors (Lipinski definition) is 1. The second-order valence-electron chi connectivity index (χ2n) is 7.15. The van der Waals surface area contributed by atoms with E-state index in [1.807, 2.05) is 13.0 Å². The van der Waals surface area contributed by atoms with Crippen LogP contribution in [0.4, 0.5) is 0 Å². The van der Waals surface area contributed by atoms with Crippen molar-refractivity contribution in [1.29, 1.82) is 0 Å². The van der Waals surface area contributed by atoms with Gasteiger partial charge in [0.1, 0.15) is 11.5 Å². The van der Waals surface area contributed by atoms with E-state index >= 15 is 0 Å². The molecule has 0 aliphatic heterocycles. The van der Waals surface area contributed by atoms with Crippen molar-refractivity contribution < 1.29 is 4.42 Å². The van der Waals surface area contributed by atoms with Crippen LogP contribution in [-0.2, 0) is 0 Å². The molecule has 1 rings (SSSR count). The van der Waals surface area contributed by atoms with Gasteiger partial charge >= 0.3 is 0 Å². The lowest BCUT2D eigenvalue weighted by atomic mass is 10.0. The Bertz CT molecular complexity index is 384. The SMILES string of the molecule is Cc1ccc(C(C(C)N)N(CCC(C)C)CCC(C)C)o1. The van der Waals surface area contributed by atoms with Crippen molar-refractivity contribution in [2.45, 2.75) is 66.5 Å². The largest absolute Gasteiger partial charge is 0.465 e. The Balaban J connectivity index is 2.87. The Morgan fingerprint density at radius 3 is 1.86 bits per heavy atom. The van der Waals surface area contributed by atoms with Crippen molar-refractivity contribution in [2.24, 2.45) is 17.6 Å². The zero-order valence-electron chi connectivity index (χ0n) is 14.7. The third-order valence-corrected chi connectivity index (χ3v) is 3.93. The summed E-state index contributed by atoms with van der Waals surface area (Å²) in [5, 5.41) is 0. The molecule has 0 bridgehead atoms. The number of nitrogens with two attached hydrogens (primary N) is 1. The minimum Gasteiger partial charge on any atom is -0.465 e. The second-order valence-corrected chi connectivity index (χ2v) is 7.15. The molecule has 3 heteroatoms. The summed E-state index contributed by atoms with van der Waals surface area (Å²) < 4.78 is 5.88. The van der Waals surface area contributed by atoms with Gasteiger partial charge in [-0.15, -0.1) is 0 Å². The fourth-order valence-electron chi connectivity index (χ4n) is 2.62. The molecule has 1 aromatic rings. The zero-order valence-corrected chi connectivity index (χ0v) is 14.7. The molecular weight excluding hydrogens is 260 g/mol. The molecule has 0 aliphatic rings. The van der Waals surface area contributed by atoms with Crippen molar-refractivity contribution in [2.75, 3.05) is 13.1 Å². The van der Waals surface area contributed by atoms with Crippen LogP contribution in [0.25, 0.3) is 0 Å². The molecule has 0 aromatic carbocycles. The molecule has 0 aliphatic carbocycles. The first-order valence-electron chi connectivity index (χ1n) is 8.37. The van der Waals surface area contributed by atoms with Gasteiger partial charge in [-0.25, -0.2) is 0 Å². The van der Waals surface area contributed by atoms with Crippen molar-refractivity contribution in [3.05, 3.63) is 23.7 Å². The van der Waals surface area contributed by atoms with Gasteiger partial charge in [0, 0.05) is 6.04 Å². The van der Waals surface area contributed by atoms with Gasteiger partial charge in [0.15, 0.2) is 0 Å². The van der Waals surface area contributed by atoms with Crippen molar-refractivity contribution in [1.82, 2.24) is 4.90 Å². The van der Waals surface area contributed by atoms with Crippen LogP contribution in [0.1, 0.15) is 65.0 Å². The van der Waals surface area contributed by atoms with Crippen molar-refractivity contribution >= 4 is 0 Å². The Morgan fingerprint density at radius 2 is 1.52 bits per heavy atom. The lowest BCUT2D eigenvalue weighted by Crippen LogP contribution is -2.41. The van der Waals surface area contributed by atoms with E-state index in [0.717, 1.165) is 24.6 Å². The molecule has 2 atom stereocenters. The van der Waals surface area contributed by atoms with Gasteiger partial charge in [0.25, 0.3) is 0 Å². The lowest BCUT2D eigenvalue weighted by Gasteiger charge is -2.34. The smallest absolute Gasteiger partial charge is 0.122 e. The molecule has 1 heterocycles. The van der Waals surface area contributed by atoms with Crippen LogP contribution in [-0.4, -0.2) is 24.0 Å². The Kier molecular flexibility index (Phi) is 7.47. The van der Waals surface area contributed by atoms with Crippen LogP contribution in [0.15, 0.2) is 16.5 Å². The van der Waals surface area contributed by atoms with Gasteiger partial charge in [0.05, 0.1) is 6.04 Å². The van der Waals surface area contributed by atoms with E-state index in [9.17, 15) is 0 Å². The van der Waals surface area contributed by atoms with Gasteiger partial charge in [-0.1, -0.05) is 27.7 Å². The summed E-state index contributed by atoms with van der Waals surface area (Å²) >= 11 is 0. The van der Waals surface area contributed by atoms with Gasteiger partial charge in [-0.3, -0.25) is 4.90 Å². The highest BCUT2D eigenvalue weighted by atomic mass is 16.3. The molecule has 0 radical (unpaired) electrons. The summed E-state index contributed by atoms with van der Waals surface area (Å²) in [6, 6.07) is 4.36. The van der Waals surface area contributed by atoms with Crippen LogP contribution in [0, 0.1) is 18.8 Å². The number of furan rings is 1. The molecule has 0 saturated carbocycles. The first-order valence-corrected chi connectivity index (χ1v) is 8.37. The zero-order chi connectivity index (χ0) is 16.0. The standard InChI is InChI=1S/C18H34N2O/c1-13(2)9-11-20(12-10-14(3)4)18(16(6)19)17-8-7-15(5)21-17/h7-8,13-14,16,18H,9-12,19H2,1-6H3. The average molecular weight is 294 g/mol. The highest BCUT2D eigenvalue weighted by Crippen LogP contribution is 2.27. The monoisotopic (exact) mass is 294 g/mol. The maximum atomic E-state index is 6.29. The average Bonchev–Trinajstić information content (AvgIpc) is 2.77. The summed E-state index contributed by atoms with van der Waals surface area (Å²) in [5.41, 5.74) is 6.29. The van der Waals surface area contributed by atoms with Crippen LogP contribution >= 0.6 is 0 Å². The maximum absolute atomic E-state index is 6.29. The Hall–Kier alpha value is -0.800. The predicted octanol–water partition coefficient (Wildman–Crippen LogP) is 4.37. The normalized spacial score (nSPS) is 15.1. The summed E-state index contributed by atoms with van der Waals surface area (Å²) in [7, 11) is 0. The van der Waals surface area contributed by atoms with Gasteiger partial charge in [-0.2, -0.15) is 0 Å². The van der Waals surface area contributed by atoms with Crippen molar-refractivity contribution in [3.8, 4) is 0 Å². The molecule has 2 unspecified atom stereocenters. The van der Waals surface area contributed by atoms with E-state index in [1.54, 1.807) is 0 Å². The van der Waals surface area contributed by atoms with Crippen molar-refractivity contribution in [3.63, 3.8) is 0 Å². The second kappa shape index (κ2) is 8.60. The molecule has 3 nitrogen and oxygen atoms in total. The highest BCUT2D eigenvalue weighted by Gasteiger charge is 2.26. The molecule has 0 spiro atoms. The quantitative estimate of drug-likeness (QED) is 0.735. The molecule has 1 aromatic heterocycles. The fourth-order valence-corrected chi connectivity index (χ4v) is 2.62. The van der Waals surface area contributed by atoms with E-state index in [2.05, 4.69) is 45.6 Å². The fraction of sp³-hybridized carbons (Fsp3) is 0.778. The third kappa shape index (κ3) is 6.23. The van der Waals surface area contributed by atoms with Crippen LogP contribution < -0.4 is 5.73 Å². The molecule has 0 saturated heterocycles. The summed E-state index contributed by atoms with van der Waals surface area (Å²) in [4.78, 5) is 2.52. The summed E-state index contributed by atoms with van der Waals surface area (Å²) in [5.74, 6) is 3.38. The van der Waals surface area contributed by atoms with Gasteiger partial charge in [-0.05, 0) is 63.7 Å². The predicted molar refractivity (Wildman–Crippen MR) is 90.3 cm³/mol. The first-order chi connectivity index (χ1) is 9.81. The molecule has 21 heavy (non-hydrogen) atoms. The molecule has 122 valence electrons. The van der Waals surface area contributed by atoms with E-state index in [0.29, 0.717) is 11.8 Å². The molecule has 0 fully saturated rings. The lowest BCUT2D eigenvalue weighted by molar-refractivity contribution is 0.139. The third-order valence-electron chi connectivity index (χ3n) is 3.93. The van der Waals surface area contributed by atoms with Crippen LogP contribution in [0.3, 0.4) is 0 Å². The molecule has 0 amide bonds. The topological polar surface area (TPSA) is 42.4 Å². The highest BCUT2D eigenvalue weighted by molar-refractivity contribution is 5.12. The molecule has 2 N–H and O–H groups in total. The number of hydrogen-bond acceptors (Lipinski definition) is 3. The van der Waals surface area contributed by atoms with Gasteiger partial charge in [0.2, 0.25) is 0 Å². The van der Waals surface area contributed by atoms with Gasteiger partial charge < -0.3 is 10.2 Å². The Labute approximate surface area is 130 Å². The summed E-state index contributed by atoms with van der Waals surface area (Å²) in [6.45, 7) is 15.3. The van der Waals surface area contributed by atoms with Crippen LogP contribution in [0.2, 0.25) is 0 Å². The van der Waals surface area contributed by atoms with E-state index in [-0.39, 0.29) is 12.1 Å². The van der Waals surface area contributed by atoms with E-state index < -0.39 is 0 Å². The summed E-state index contributed by atoms with van der Waals surface area (Å²) in [6.07, 6.45) is 2.39. The Morgan fingerprint density at radius 1 is 1.00 bits per heavy atom. The molecular formula is C18H34N2O. The van der Waals surface area contributed by atoms with Crippen LogP contribution in [0.5, 0.6) is 0 Å².